The van der Waals surface area contributed by atoms with E-state index in [4.69, 9.17) is 15.3 Å². The predicted molar refractivity (Wildman–Crippen MR) is 147 cm³/mol. The highest BCUT2D eigenvalue weighted by molar-refractivity contribution is 6.06. The van der Waals surface area contributed by atoms with Crippen molar-refractivity contribution >= 4 is 23.7 Å². The number of carbonyl (C=O) groups is 2. The van der Waals surface area contributed by atoms with Crippen molar-refractivity contribution in [2.75, 3.05) is 27.2 Å². The first kappa shape index (κ1) is 27.9. The van der Waals surface area contributed by atoms with Crippen molar-refractivity contribution in [3.63, 3.8) is 0 Å². The van der Waals surface area contributed by atoms with Crippen LogP contribution in [0.4, 0.5) is 0 Å². The van der Waals surface area contributed by atoms with Crippen molar-refractivity contribution < 1.29 is 19.8 Å². The molecule has 1 heterocycles. The number of carboxylic acid groups (broad SMARTS) is 2. The normalized spacial score (nSPS) is 20.2. The van der Waals surface area contributed by atoms with E-state index in [1.54, 1.807) is 0 Å². The molecule has 1 saturated carbocycles. The predicted octanol–water partition coefficient (Wildman–Crippen LogP) is 5.34. The van der Waals surface area contributed by atoms with Crippen LogP contribution in [0.5, 0.6) is 0 Å². The first-order chi connectivity index (χ1) is 17.8. The molecule has 0 aromatic heterocycles. The molecule has 2 unspecified atom stereocenters. The lowest BCUT2D eigenvalue weighted by Crippen LogP contribution is -2.28. The van der Waals surface area contributed by atoms with Crippen LogP contribution < -0.4 is 0 Å². The Morgan fingerprint density at radius 2 is 1.59 bits per heavy atom. The summed E-state index contributed by atoms with van der Waals surface area (Å²) in [6.45, 7) is 2.11. The molecule has 37 heavy (non-hydrogen) atoms. The fourth-order valence-corrected chi connectivity index (χ4v) is 4.87. The van der Waals surface area contributed by atoms with Gasteiger partial charge in [0.1, 0.15) is 0 Å². The molecule has 7 heteroatoms. The topological polar surface area (TPSA) is 93.4 Å². The van der Waals surface area contributed by atoms with Crippen molar-refractivity contribution in [1.29, 1.82) is 0 Å². The Balaban J connectivity index is 0.000000414. The minimum atomic E-state index is -1.26. The van der Waals surface area contributed by atoms with Gasteiger partial charge in [-0.05, 0) is 69.1 Å². The third-order valence-electron chi connectivity index (χ3n) is 6.47. The highest BCUT2D eigenvalue weighted by Gasteiger charge is 2.39. The van der Waals surface area contributed by atoms with Gasteiger partial charge in [0.15, 0.2) is 0 Å². The van der Waals surface area contributed by atoms with Gasteiger partial charge in [-0.25, -0.2) is 9.59 Å². The summed E-state index contributed by atoms with van der Waals surface area (Å²) in [7, 11) is 4.30. The maximum Gasteiger partial charge on any atom is 0.328 e. The van der Waals surface area contributed by atoms with Crippen LogP contribution in [0.25, 0.3) is 6.08 Å². The lowest BCUT2D eigenvalue weighted by molar-refractivity contribution is -0.134. The summed E-state index contributed by atoms with van der Waals surface area (Å²) >= 11 is 0. The Hall–Kier alpha value is -3.71. The number of rotatable bonds is 8. The highest BCUT2D eigenvalue weighted by Crippen LogP contribution is 2.43. The van der Waals surface area contributed by atoms with E-state index >= 15 is 0 Å². The fraction of sp³-hybridized carbons (Fsp3) is 0.367. The van der Waals surface area contributed by atoms with Gasteiger partial charge in [0.25, 0.3) is 0 Å². The van der Waals surface area contributed by atoms with Crippen LogP contribution in [0.1, 0.15) is 49.3 Å². The average molecular weight is 504 g/mol. The van der Waals surface area contributed by atoms with Crippen molar-refractivity contribution in [3.8, 4) is 0 Å². The standard InChI is InChI=1S/C26H33N3.C4H4O4/c1-28(2)18-11-19-29-26(22-14-7-4-8-15-22)24-17-10-9-16-23(25(24)27-29)20-21-12-5-3-6-13-21;5-3(6)1-2-4(7)8/h3-8,12-15,20,24,26H,9-11,16-19H2,1-2H3;1-2H,(H,5,6)(H,7,8)/b;2-1-. The zero-order valence-electron chi connectivity index (χ0n) is 21.7. The Morgan fingerprint density at radius 1 is 0.973 bits per heavy atom. The van der Waals surface area contributed by atoms with Crippen LogP contribution in [0.15, 0.2) is 83.5 Å². The summed E-state index contributed by atoms with van der Waals surface area (Å²) in [6.07, 6.45) is 9.54. The van der Waals surface area contributed by atoms with Crippen LogP contribution in [0, 0.1) is 5.92 Å². The van der Waals surface area contributed by atoms with E-state index in [1.807, 2.05) is 0 Å². The molecule has 2 N–H and O–H groups in total. The van der Waals surface area contributed by atoms with Gasteiger partial charge < -0.3 is 15.1 Å². The van der Waals surface area contributed by atoms with E-state index in [1.165, 1.54) is 41.7 Å². The smallest absolute Gasteiger partial charge is 0.328 e. The number of hydrazone groups is 1. The second kappa shape index (κ2) is 14.1. The summed E-state index contributed by atoms with van der Waals surface area (Å²) in [5.41, 5.74) is 5.47. The molecule has 0 radical (unpaired) electrons. The average Bonchev–Trinajstić information content (AvgIpc) is 3.13. The van der Waals surface area contributed by atoms with E-state index in [2.05, 4.69) is 90.7 Å². The van der Waals surface area contributed by atoms with Gasteiger partial charge in [0.2, 0.25) is 0 Å². The van der Waals surface area contributed by atoms with Crippen LogP contribution in [0.3, 0.4) is 0 Å². The minimum absolute atomic E-state index is 0.366. The molecule has 0 bridgehead atoms. The quantitative estimate of drug-likeness (QED) is 0.473. The molecule has 1 aliphatic carbocycles. The van der Waals surface area contributed by atoms with Crippen molar-refractivity contribution in [1.82, 2.24) is 9.91 Å². The third kappa shape index (κ3) is 8.72. The molecule has 0 spiro atoms. The molecule has 0 saturated heterocycles. The largest absolute Gasteiger partial charge is 0.478 e. The molecule has 2 aliphatic rings. The monoisotopic (exact) mass is 503 g/mol. The van der Waals surface area contributed by atoms with Gasteiger partial charge in [-0.15, -0.1) is 0 Å². The molecular weight excluding hydrogens is 466 g/mol. The fourth-order valence-electron chi connectivity index (χ4n) is 4.87. The molecule has 2 atom stereocenters. The highest BCUT2D eigenvalue weighted by atomic mass is 16.4. The van der Waals surface area contributed by atoms with Gasteiger partial charge in [-0.2, -0.15) is 5.10 Å². The maximum absolute atomic E-state index is 9.55. The summed E-state index contributed by atoms with van der Waals surface area (Å²) < 4.78 is 0. The van der Waals surface area contributed by atoms with E-state index < -0.39 is 11.9 Å². The number of allylic oxidation sites excluding steroid dienone is 1. The van der Waals surface area contributed by atoms with Crippen molar-refractivity contribution in [2.24, 2.45) is 11.0 Å². The number of hydrogen-bond acceptors (Lipinski definition) is 5. The SMILES string of the molecule is CN(C)CCCN1N=C2C(=Cc3ccccc3)CCCCC2C1c1ccccc1.O=C(O)/C=C\C(=O)O. The maximum atomic E-state index is 9.55. The number of benzene rings is 2. The molecule has 7 nitrogen and oxygen atoms in total. The Bertz CT molecular complexity index is 1090. The van der Waals surface area contributed by atoms with E-state index in [0.717, 1.165) is 25.9 Å². The number of fused-ring (bicyclic) bond motifs is 1. The van der Waals surface area contributed by atoms with Crippen molar-refractivity contribution in [3.05, 3.63) is 89.5 Å². The van der Waals surface area contributed by atoms with Gasteiger partial charge in [0.05, 0.1) is 11.8 Å². The summed E-state index contributed by atoms with van der Waals surface area (Å²) in [4.78, 5) is 21.4. The second-order valence-electron chi connectivity index (χ2n) is 9.60. The van der Waals surface area contributed by atoms with Gasteiger partial charge in [-0.3, -0.25) is 5.01 Å². The number of nitrogens with zero attached hydrogens (tertiary/aromatic N) is 3. The molecule has 196 valence electrons. The molecule has 4 rings (SSSR count). The molecule has 2 aromatic rings. The molecular formula is C30H37N3O4. The lowest BCUT2D eigenvalue weighted by Gasteiger charge is -2.29. The van der Waals surface area contributed by atoms with Crippen LogP contribution >= 0.6 is 0 Å². The third-order valence-corrected chi connectivity index (χ3v) is 6.47. The Labute approximate surface area is 219 Å². The minimum Gasteiger partial charge on any atom is -0.478 e. The number of carboxylic acids is 2. The zero-order chi connectivity index (χ0) is 26.6. The Kier molecular flexibility index (Phi) is 10.6. The number of hydrogen-bond donors (Lipinski definition) is 2. The van der Waals surface area contributed by atoms with E-state index in [0.29, 0.717) is 24.1 Å². The lowest BCUT2D eigenvalue weighted by atomic mass is 9.85. The number of aliphatic carboxylic acids is 2. The van der Waals surface area contributed by atoms with Gasteiger partial charge >= 0.3 is 11.9 Å². The van der Waals surface area contributed by atoms with Gasteiger partial charge in [0, 0.05) is 24.6 Å². The van der Waals surface area contributed by atoms with Gasteiger partial charge in [-0.1, -0.05) is 67.1 Å². The van der Waals surface area contributed by atoms with E-state index in [9.17, 15) is 9.59 Å². The summed E-state index contributed by atoms with van der Waals surface area (Å²) in [5.74, 6) is -2.02. The summed E-state index contributed by atoms with van der Waals surface area (Å²) in [5, 5.41) is 23.3. The van der Waals surface area contributed by atoms with E-state index in [-0.39, 0.29) is 0 Å². The molecule has 1 aliphatic heterocycles. The zero-order valence-corrected chi connectivity index (χ0v) is 21.7. The Morgan fingerprint density at radius 3 is 2.19 bits per heavy atom. The van der Waals surface area contributed by atoms with Crippen LogP contribution in [0.2, 0.25) is 0 Å². The molecule has 0 amide bonds. The summed E-state index contributed by atoms with van der Waals surface area (Å²) in [6, 6.07) is 22.1. The first-order valence-corrected chi connectivity index (χ1v) is 12.8. The molecule has 1 fully saturated rings. The second-order valence-corrected chi connectivity index (χ2v) is 9.60. The van der Waals surface area contributed by atoms with Crippen molar-refractivity contribution in [2.45, 2.75) is 38.1 Å². The van der Waals surface area contributed by atoms with Crippen LogP contribution in [-0.2, 0) is 9.59 Å². The first-order valence-electron chi connectivity index (χ1n) is 12.8. The molecule has 2 aromatic carbocycles. The van der Waals surface area contributed by atoms with Crippen LogP contribution in [-0.4, -0.2) is 65.0 Å².